The molecule has 3 rings (SSSR count). The number of ether oxygens (including phenoxy) is 2. The molecule has 2 aromatic carbocycles. The first-order valence-electron chi connectivity index (χ1n) is 9.19. The van der Waals surface area contributed by atoms with Crippen molar-refractivity contribution in [3.8, 4) is 5.75 Å². The van der Waals surface area contributed by atoms with Gasteiger partial charge in [-0.3, -0.25) is 4.72 Å². The van der Waals surface area contributed by atoms with Crippen molar-refractivity contribution in [1.82, 2.24) is 0 Å². The molecule has 1 aliphatic heterocycles. The summed E-state index contributed by atoms with van der Waals surface area (Å²) >= 11 is 6.14. The van der Waals surface area contributed by atoms with E-state index in [2.05, 4.69) is 9.62 Å². The van der Waals surface area contributed by atoms with Crippen molar-refractivity contribution in [3.63, 3.8) is 0 Å². The average Bonchev–Trinajstić information content (AvgIpc) is 2.73. The topological polar surface area (TPSA) is 84.9 Å². The lowest BCUT2D eigenvalue weighted by Gasteiger charge is -2.30. The molecule has 156 valence electrons. The van der Waals surface area contributed by atoms with E-state index in [9.17, 15) is 13.2 Å². The van der Waals surface area contributed by atoms with Gasteiger partial charge in [0, 0.05) is 18.1 Å². The predicted octanol–water partition coefficient (Wildman–Crippen LogP) is 3.93. The fourth-order valence-corrected chi connectivity index (χ4v) is 4.77. The van der Waals surface area contributed by atoms with E-state index in [1.807, 2.05) is 6.07 Å². The monoisotopic (exact) mass is 438 g/mol. The number of sulfonamides is 1. The van der Waals surface area contributed by atoms with E-state index in [4.69, 9.17) is 21.1 Å². The number of benzene rings is 2. The average molecular weight is 439 g/mol. The third kappa shape index (κ3) is 4.76. The number of anilines is 2. The molecule has 9 heteroatoms. The van der Waals surface area contributed by atoms with Crippen LogP contribution in [-0.4, -0.2) is 41.7 Å². The molecule has 0 bridgehead atoms. The van der Waals surface area contributed by atoms with Crippen molar-refractivity contribution >= 4 is 39.0 Å². The highest BCUT2D eigenvalue weighted by Gasteiger charge is 2.24. The highest BCUT2D eigenvalue weighted by molar-refractivity contribution is 7.92. The van der Waals surface area contributed by atoms with E-state index >= 15 is 0 Å². The van der Waals surface area contributed by atoms with Gasteiger partial charge >= 0.3 is 5.97 Å². The Hall–Kier alpha value is -2.45. The second-order valence-electron chi connectivity index (χ2n) is 6.67. The molecule has 29 heavy (non-hydrogen) atoms. The molecule has 1 saturated heterocycles. The van der Waals surface area contributed by atoms with Crippen LogP contribution in [-0.2, 0) is 14.8 Å². The number of carbonyl (C=O) groups is 1. The number of halogens is 1. The van der Waals surface area contributed by atoms with Gasteiger partial charge in [0.05, 0.1) is 31.2 Å². The van der Waals surface area contributed by atoms with E-state index < -0.39 is 16.0 Å². The minimum absolute atomic E-state index is 0.107. The number of nitrogens with one attached hydrogen (secondary N) is 1. The number of esters is 1. The zero-order valence-electron chi connectivity index (χ0n) is 16.3. The first-order valence-corrected chi connectivity index (χ1v) is 11.1. The van der Waals surface area contributed by atoms with Crippen molar-refractivity contribution in [2.75, 3.05) is 36.9 Å². The Morgan fingerprint density at radius 3 is 2.45 bits per heavy atom. The van der Waals surface area contributed by atoms with Crippen LogP contribution in [0.15, 0.2) is 41.3 Å². The molecule has 0 aliphatic carbocycles. The molecule has 0 unspecified atom stereocenters. The van der Waals surface area contributed by atoms with Crippen LogP contribution >= 0.6 is 11.6 Å². The van der Waals surface area contributed by atoms with Gasteiger partial charge in [0.25, 0.3) is 10.0 Å². The SMILES string of the molecule is COC(=O)c1ccc(OC)c(S(=O)(=O)Nc2cc(Cl)ccc2N2CCCCC2)c1. The summed E-state index contributed by atoms with van der Waals surface area (Å²) in [6.07, 6.45) is 3.25. The van der Waals surface area contributed by atoms with Gasteiger partial charge in [-0.25, -0.2) is 13.2 Å². The van der Waals surface area contributed by atoms with Gasteiger partial charge in [-0.05, 0) is 55.7 Å². The minimum Gasteiger partial charge on any atom is -0.495 e. The smallest absolute Gasteiger partial charge is 0.337 e. The summed E-state index contributed by atoms with van der Waals surface area (Å²) in [5.41, 5.74) is 1.25. The minimum atomic E-state index is -4.07. The lowest BCUT2D eigenvalue weighted by atomic mass is 10.1. The van der Waals surface area contributed by atoms with Crippen LogP contribution in [0.1, 0.15) is 29.6 Å². The Morgan fingerprint density at radius 2 is 1.79 bits per heavy atom. The van der Waals surface area contributed by atoms with Crippen molar-refractivity contribution in [1.29, 1.82) is 0 Å². The number of methoxy groups -OCH3 is 2. The maximum absolute atomic E-state index is 13.2. The van der Waals surface area contributed by atoms with E-state index in [0.717, 1.165) is 38.0 Å². The Labute approximate surface area is 175 Å². The molecule has 0 atom stereocenters. The predicted molar refractivity (Wildman–Crippen MR) is 113 cm³/mol. The first kappa shape index (κ1) is 21.3. The summed E-state index contributed by atoms with van der Waals surface area (Å²) in [5, 5.41) is 0.415. The van der Waals surface area contributed by atoms with Crippen molar-refractivity contribution in [2.45, 2.75) is 24.2 Å². The number of rotatable bonds is 6. The van der Waals surface area contributed by atoms with Crippen molar-refractivity contribution in [3.05, 3.63) is 47.0 Å². The van der Waals surface area contributed by atoms with Gasteiger partial charge in [0.2, 0.25) is 0 Å². The molecule has 1 heterocycles. The van der Waals surface area contributed by atoms with Gasteiger partial charge in [0.15, 0.2) is 0 Å². The van der Waals surface area contributed by atoms with Crippen LogP contribution in [0.25, 0.3) is 0 Å². The van der Waals surface area contributed by atoms with Crippen LogP contribution < -0.4 is 14.4 Å². The largest absolute Gasteiger partial charge is 0.495 e. The summed E-state index contributed by atoms with van der Waals surface area (Å²) in [5.74, 6) is -0.521. The zero-order chi connectivity index (χ0) is 21.0. The summed E-state index contributed by atoms with van der Waals surface area (Å²) in [4.78, 5) is 13.8. The van der Waals surface area contributed by atoms with E-state index in [0.29, 0.717) is 10.7 Å². The van der Waals surface area contributed by atoms with Crippen LogP contribution in [0.3, 0.4) is 0 Å². The lowest BCUT2D eigenvalue weighted by molar-refractivity contribution is 0.0600. The van der Waals surface area contributed by atoms with Crippen molar-refractivity contribution in [2.24, 2.45) is 0 Å². The zero-order valence-corrected chi connectivity index (χ0v) is 17.8. The molecule has 2 aromatic rings. The van der Waals surface area contributed by atoms with Gasteiger partial charge in [-0.2, -0.15) is 0 Å². The first-order chi connectivity index (χ1) is 13.9. The quantitative estimate of drug-likeness (QED) is 0.688. The van der Waals surface area contributed by atoms with E-state index in [-0.39, 0.29) is 16.2 Å². The van der Waals surface area contributed by atoms with Gasteiger partial charge in [-0.1, -0.05) is 11.6 Å². The molecule has 0 radical (unpaired) electrons. The Morgan fingerprint density at radius 1 is 1.07 bits per heavy atom. The number of piperidine rings is 1. The summed E-state index contributed by atoms with van der Waals surface area (Å²) in [6, 6.07) is 9.24. The maximum Gasteiger partial charge on any atom is 0.337 e. The third-order valence-electron chi connectivity index (χ3n) is 4.77. The molecular weight excluding hydrogens is 416 g/mol. The van der Waals surface area contributed by atoms with E-state index in [1.165, 1.54) is 32.4 Å². The Balaban J connectivity index is 2.02. The second kappa shape index (κ2) is 8.92. The van der Waals surface area contributed by atoms with Crippen LogP contribution in [0.2, 0.25) is 5.02 Å². The van der Waals surface area contributed by atoms with Crippen LogP contribution in [0, 0.1) is 0 Å². The highest BCUT2D eigenvalue weighted by atomic mass is 35.5. The maximum atomic E-state index is 13.2. The second-order valence-corrected chi connectivity index (χ2v) is 8.76. The number of hydrogen-bond donors (Lipinski definition) is 1. The van der Waals surface area contributed by atoms with Gasteiger partial charge in [-0.15, -0.1) is 0 Å². The Bertz CT molecular complexity index is 1000. The molecule has 1 fully saturated rings. The molecule has 1 aliphatic rings. The van der Waals surface area contributed by atoms with Crippen LogP contribution in [0.4, 0.5) is 11.4 Å². The van der Waals surface area contributed by atoms with Gasteiger partial charge < -0.3 is 14.4 Å². The third-order valence-corrected chi connectivity index (χ3v) is 6.40. The summed E-state index contributed by atoms with van der Waals surface area (Å²) in [6.45, 7) is 1.69. The lowest BCUT2D eigenvalue weighted by Crippen LogP contribution is -2.30. The fraction of sp³-hybridized carbons (Fsp3) is 0.350. The van der Waals surface area contributed by atoms with Gasteiger partial charge in [0.1, 0.15) is 10.6 Å². The summed E-state index contributed by atoms with van der Waals surface area (Å²) in [7, 11) is -1.47. The molecular formula is C20H23ClN2O5S. The molecule has 0 spiro atoms. The summed E-state index contributed by atoms with van der Waals surface area (Å²) < 4.78 is 38.9. The standard InChI is InChI=1S/C20H23ClN2O5S/c1-27-18-9-6-14(20(24)28-2)12-19(18)29(25,26)22-16-13-15(21)7-8-17(16)23-10-4-3-5-11-23/h6-9,12-13,22H,3-5,10-11H2,1-2H3. The fourth-order valence-electron chi connectivity index (χ4n) is 3.33. The molecule has 1 N–H and O–H groups in total. The molecule has 0 amide bonds. The van der Waals surface area contributed by atoms with Crippen LogP contribution in [0.5, 0.6) is 5.75 Å². The molecule has 0 aromatic heterocycles. The van der Waals surface area contributed by atoms with Crippen molar-refractivity contribution < 1.29 is 22.7 Å². The number of carbonyl (C=O) groups excluding carboxylic acids is 1. The Kier molecular flexibility index (Phi) is 6.54. The number of hydrogen-bond acceptors (Lipinski definition) is 6. The number of nitrogens with zero attached hydrogens (tertiary/aromatic N) is 1. The highest BCUT2D eigenvalue weighted by Crippen LogP contribution is 2.34. The molecule has 7 nitrogen and oxygen atoms in total. The van der Waals surface area contributed by atoms with E-state index in [1.54, 1.807) is 12.1 Å². The normalized spacial score (nSPS) is 14.4. The molecule has 0 saturated carbocycles.